The molecule has 0 N–H and O–H groups in total. The largest absolute Gasteiger partial charge is 0.416 e. The zero-order valence-electron chi connectivity index (χ0n) is 15.4. The molecular formula is C26H17F3. The van der Waals surface area contributed by atoms with Crippen LogP contribution in [0.25, 0.3) is 22.3 Å². The van der Waals surface area contributed by atoms with Crippen LogP contribution in [-0.2, 0) is 6.18 Å². The van der Waals surface area contributed by atoms with Crippen molar-refractivity contribution in [3.8, 4) is 22.3 Å². The van der Waals surface area contributed by atoms with Crippen molar-refractivity contribution in [3.63, 3.8) is 0 Å². The van der Waals surface area contributed by atoms with Crippen LogP contribution in [0.1, 0.15) is 28.2 Å². The Balaban J connectivity index is 1.81. The molecule has 3 heteroatoms. The van der Waals surface area contributed by atoms with Gasteiger partial charge in [-0.2, -0.15) is 13.2 Å². The van der Waals surface area contributed by atoms with E-state index in [-0.39, 0.29) is 5.92 Å². The Bertz CT molecular complexity index is 1180. The molecule has 1 atom stereocenters. The molecule has 0 saturated carbocycles. The fourth-order valence-electron chi connectivity index (χ4n) is 4.35. The van der Waals surface area contributed by atoms with Crippen molar-refractivity contribution in [2.24, 2.45) is 0 Å². The number of halogens is 3. The van der Waals surface area contributed by atoms with Gasteiger partial charge in [-0.3, -0.25) is 0 Å². The fourth-order valence-corrected chi connectivity index (χ4v) is 4.35. The Hall–Kier alpha value is -3.33. The molecule has 5 rings (SSSR count). The zero-order valence-corrected chi connectivity index (χ0v) is 15.4. The molecule has 0 bridgehead atoms. The second-order valence-corrected chi connectivity index (χ2v) is 7.28. The predicted molar refractivity (Wildman–Crippen MR) is 110 cm³/mol. The monoisotopic (exact) mass is 386 g/mol. The van der Waals surface area contributed by atoms with E-state index in [0.29, 0.717) is 5.56 Å². The van der Waals surface area contributed by atoms with Crippen LogP contribution in [0, 0.1) is 0 Å². The van der Waals surface area contributed by atoms with Crippen LogP contribution in [0.3, 0.4) is 0 Å². The highest BCUT2D eigenvalue weighted by atomic mass is 19.4. The van der Waals surface area contributed by atoms with E-state index in [0.717, 1.165) is 33.4 Å². The second-order valence-electron chi connectivity index (χ2n) is 7.28. The van der Waals surface area contributed by atoms with E-state index in [1.807, 2.05) is 72.8 Å². The molecule has 0 spiro atoms. The van der Waals surface area contributed by atoms with Crippen molar-refractivity contribution in [1.29, 1.82) is 0 Å². The minimum absolute atomic E-state index is 0.236. The molecule has 0 saturated heterocycles. The van der Waals surface area contributed by atoms with Crippen LogP contribution < -0.4 is 0 Å². The Labute approximate surface area is 167 Å². The van der Waals surface area contributed by atoms with Gasteiger partial charge in [0.2, 0.25) is 0 Å². The SMILES string of the molecule is FC(F)(F)c1ccc2c(c1)C(c1ccccc1)c1c(-c3ccccc3)cccc1-2. The van der Waals surface area contributed by atoms with Gasteiger partial charge in [0, 0.05) is 5.92 Å². The molecule has 0 heterocycles. The molecule has 1 unspecified atom stereocenters. The van der Waals surface area contributed by atoms with E-state index in [1.54, 1.807) is 6.07 Å². The van der Waals surface area contributed by atoms with Gasteiger partial charge in [-0.05, 0) is 51.1 Å². The molecule has 0 aliphatic heterocycles. The van der Waals surface area contributed by atoms with Crippen LogP contribution >= 0.6 is 0 Å². The van der Waals surface area contributed by atoms with Gasteiger partial charge in [-0.25, -0.2) is 0 Å². The maximum Gasteiger partial charge on any atom is 0.416 e. The number of hydrogen-bond donors (Lipinski definition) is 0. The lowest BCUT2D eigenvalue weighted by Gasteiger charge is -2.19. The van der Waals surface area contributed by atoms with Gasteiger partial charge in [-0.1, -0.05) is 84.9 Å². The molecule has 0 aromatic heterocycles. The van der Waals surface area contributed by atoms with Crippen molar-refractivity contribution >= 4 is 0 Å². The summed E-state index contributed by atoms with van der Waals surface area (Å²) in [5.74, 6) is -0.236. The minimum Gasteiger partial charge on any atom is -0.166 e. The molecule has 0 fully saturated rings. The average molecular weight is 386 g/mol. The summed E-state index contributed by atoms with van der Waals surface area (Å²) in [5, 5.41) is 0. The summed E-state index contributed by atoms with van der Waals surface area (Å²) in [4.78, 5) is 0. The second kappa shape index (κ2) is 6.63. The standard InChI is InChI=1S/C26H17F3/c27-26(28,29)19-14-15-21-22-13-7-12-20(17-8-3-1-4-9-17)25(22)24(23(21)16-19)18-10-5-2-6-11-18/h1-16,24H. The van der Waals surface area contributed by atoms with Gasteiger partial charge in [0.1, 0.15) is 0 Å². The molecule has 29 heavy (non-hydrogen) atoms. The average Bonchev–Trinajstić information content (AvgIpc) is 3.08. The van der Waals surface area contributed by atoms with Crippen molar-refractivity contribution in [1.82, 2.24) is 0 Å². The van der Waals surface area contributed by atoms with Crippen LogP contribution in [0.5, 0.6) is 0 Å². The van der Waals surface area contributed by atoms with Crippen LogP contribution in [0.4, 0.5) is 13.2 Å². The van der Waals surface area contributed by atoms with Gasteiger partial charge in [-0.15, -0.1) is 0 Å². The lowest BCUT2D eigenvalue weighted by atomic mass is 9.84. The number of fused-ring (bicyclic) bond motifs is 3. The minimum atomic E-state index is -4.37. The van der Waals surface area contributed by atoms with Crippen molar-refractivity contribution in [2.45, 2.75) is 12.1 Å². The summed E-state index contributed by atoms with van der Waals surface area (Å²) in [5.41, 5.74) is 6.17. The van der Waals surface area contributed by atoms with E-state index in [2.05, 4.69) is 6.07 Å². The Morgan fingerprint density at radius 3 is 1.93 bits per heavy atom. The van der Waals surface area contributed by atoms with E-state index in [9.17, 15) is 13.2 Å². The summed E-state index contributed by atoms with van der Waals surface area (Å²) in [6.45, 7) is 0. The number of hydrogen-bond acceptors (Lipinski definition) is 0. The van der Waals surface area contributed by atoms with E-state index >= 15 is 0 Å². The summed E-state index contributed by atoms with van der Waals surface area (Å²) in [6.07, 6.45) is -4.37. The quantitative estimate of drug-likeness (QED) is 0.294. The summed E-state index contributed by atoms with van der Waals surface area (Å²) in [7, 11) is 0. The van der Waals surface area contributed by atoms with Crippen molar-refractivity contribution in [3.05, 3.63) is 119 Å². The van der Waals surface area contributed by atoms with Crippen LogP contribution in [0.2, 0.25) is 0 Å². The number of benzene rings is 4. The molecule has 1 aliphatic carbocycles. The third-order valence-electron chi connectivity index (χ3n) is 5.59. The van der Waals surface area contributed by atoms with Gasteiger partial charge >= 0.3 is 6.18 Å². The molecule has 0 nitrogen and oxygen atoms in total. The summed E-state index contributed by atoms with van der Waals surface area (Å²) < 4.78 is 40.4. The highest BCUT2D eigenvalue weighted by molar-refractivity contribution is 5.88. The summed E-state index contributed by atoms with van der Waals surface area (Å²) >= 11 is 0. The normalized spacial score (nSPS) is 15.1. The maximum absolute atomic E-state index is 13.5. The first-order valence-electron chi connectivity index (χ1n) is 9.49. The highest BCUT2D eigenvalue weighted by Crippen LogP contribution is 2.52. The lowest BCUT2D eigenvalue weighted by Crippen LogP contribution is -2.07. The molecule has 1 aliphatic rings. The fraction of sp³-hybridized carbons (Fsp3) is 0.0769. The molecule has 0 amide bonds. The van der Waals surface area contributed by atoms with Gasteiger partial charge < -0.3 is 0 Å². The smallest absolute Gasteiger partial charge is 0.166 e. The first kappa shape index (κ1) is 17.7. The van der Waals surface area contributed by atoms with Crippen molar-refractivity contribution < 1.29 is 13.2 Å². The van der Waals surface area contributed by atoms with Gasteiger partial charge in [0.15, 0.2) is 0 Å². The molecule has 0 radical (unpaired) electrons. The first-order chi connectivity index (χ1) is 14.0. The molecule has 142 valence electrons. The number of rotatable bonds is 2. The van der Waals surface area contributed by atoms with E-state index in [4.69, 9.17) is 0 Å². The number of alkyl halides is 3. The molecule has 4 aromatic carbocycles. The summed E-state index contributed by atoms with van der Waals surface area (Å²) in [6, 6.07) is 30.0. The van der Waals surface area contributed by atoms with Crippen LogP contribution in [-0.4, -0.2) is 0 Å². The van der Waals surface area contributed by atoms with E-state index in [1.165, 1.54) is 12.1 Å². The van der Waals surface area contributed by atoms with E-state index < -0.39 is 11.7 Å². The maximum atomic E-state index is 13.5. The Morgan fingerprint density at radius 2 is 1.24 bits per heavy atom. The van der Waals surface area contributed by atoms with Gasteiger partial charge in [0.05, 0.1) is 5.56 Å². The van der Waals surface area contributed by atoms with Crippen molar-refractivity contribution in [2.75, 3.05) is 0 Å². The first-order valence-corrected chi connectivity index (χ1v) is 9.49. The molecular weight excluding hydrogens is 369 g/mol. The van der Waals surface area contributed by atoms with Crippen LogP contribution in [0.15, 0.2) is 97.1 Å². The molecule has 4 aromatic rings. The topological polar surface area (TPSA) is 0 Å². The Morgan fingerprint density at radius 1 is 0.586 bits per heavy atom. The Kier molecular flexibility index (Phi) is 4.06. The third-order valence-corrected chi connectivity index (χ3v) is 5.59. The third kappa shape index (κ3) is 2.94. The lowest BCUT2D eigenvalue weighted by molar-refractivity contribution is -0.137. The zero-order chi connectivity index (χ0) is 20.0. The van der Waals surface area contributed by atoms with Gasteiger partial charge in [0.25, 0.3) is 0 Å². The highest BCUT2D eigenvalue weighted by Gasteiger charge is 2.36. The predicted octanol–water partition coefficient (Wildman–Crippen LogP) is 7.53.